The first kappa shape index (κ1) is 7.81. The van der Waals surface area contributed by atoms with Crippen molar-refractivity contribution in [3.05, 3.63) is 40.7 Å². The molecule has 0 radical (unpaired) electrons. The zero-order valence-corrected chi connectivity index (χ0v) is 6.89. The Bertz CT molecular complexity index is 294. The topological polar surface area (TPSA) is 4.36 Å². The third-order valence-corrected chi connectivity index (χ3v) is 1.74. The lowest BCUT2D eigenvalue weighted by Crippen LogP contribution is -1.81. The summed E-state index contributed by atoms with van der Waals surface area (Å²) in [6, 6.07) is 5.95. The Kier molecular flexibility index (Phi) is 2.28. The maximum absolute atomic E-state index is 6.88. The van der Waals surface area contributed by atoms with E-state index in [9.17, 15) is 0 Å². The highest BCUT2D eigenvalue weighted by Crippen LogP contribution is 2.20. The fourth-order valence-corrected chi connectivity index (χ4v) is 1.11. The van der Waals surface area contributed by atoms with Crippen LogP contribution in [0.15, 0.2) is 18.2 Å². The number of aryl methyl sites for hydroxylation is 2. The lowest BCUT2D eigenvalue weighted by Gasteiger charge is -2.00. The van der Waals surface area contributed by atoms with E-state index < -0.39 is 0 Å². The molecule has 0 aromatic heterocycles. The Hall–Kier alpha value is -1.29. The van der Waals surface area contributed by atoms with Crippen molar-refractivity contribution >= 4 is 5.69 Å². The number of hydrogen-bond acceptors (Lipinski definition) is 0. The molecular weight excluding hydrogens is 134 g/mol. The van der Waals surface area contributed by atoms with Gasteiger partial charge < -0.3 is 0 Å². The Labute approximate surface area is 67.5 Å². The van der Waals surface area contributed by atoms with Crippen LogP contribution in [-0.4, -0.2) is 0 Å². The van der Waals surface area contributed by atoms with Gasteiger partial charge in [-0.2, -0.15) is 0 Å². The second-order valence-electron chi connectivity index (χ2n) is 2.60. The molecule has 1 nitrogen and oxygen atoms in total. The van der Waals surface area contributed by atoms with Crippen molar-refractivity contribution in [2.75, 3.05) is 0 Å². The zero-order valence-electron chi connectivity index (χ0n) is 6.89. The van der Waals surface area contributed by atoms with Gasteiger partial charge in [-0.15, -0.1) is 0 Å². The highest BCUT2D eigenvalue weighted by Gasteiger charge is 1.98. The van der Waals surface area contributed by atoms with Crippen LogP contribution in [-0.2, 0) is 6.42 Å². The number of benzene rings is 1. The molecule has 1 rings (SSSR count). The van der Waals surface area contributed by atoms with Crippen molar-refractivity contribution in [2.24, 2.45) is 0 Å². The van der Waals surface area contributed by atoms with E-state index in [1.807, 2.05) is 19.1 Å². The fourth-order valence-electron chi connectivity index (χ4n) is 1.11. The van der Waals surface area contributed by atoms with Gasteiger partial charge in [0.2, 0.25) is 0 Å². The Morgan fingerprint density at radius 2 is 2.18 bits per heavy atom. The molecule has 56 valence electrons. The summed E-state index contributed by atoms with van der Waals surface area (Å²) in [6.45, 7) is 11.0. The van der Waals surface area contributed by atoms with E-state index in [1.165, 1.54) is 5.56 Å². The van der Waals surface area contributed by atoms with Crippen LogP contribution >= 0.6 is 0 Å². The number of nitrogens with zero attached hydrogens (tertiary/aromatic N) is 1. The van der Waals surface area contributed by atoms with E-state index in [4.69, 9.17) is 6.57 Å². The summed E-state index contributed by atoms with van der Waals surface area (Å²) < 4.78 is 0. The maximum Gasteiger partial charge on any atom is 0.190 e. The van der Waals surface area contributed by atoms with Gasteiger partial charge in [0.1, 0.15) is 0 Å². The Morgan fingerprint density at radius 3 is 2.73 bits per heavy atom. The van der Waals surface area contributed by atoms with E-state index in [0.29, 0.717) is 0 Å². The molecule has 0 aliphatic heterocycles. The summed E-state index contributed by atoms with van der Waals surface area (Å²) in [5.74, 6) is 0. The van der Waals surface area contributed by atoms with Crippen LogP contribution in [0.25, 0.3) is 4.85 Å². The van der Waals surface area contributed by atoms with Crippen molar-refractivity contribution in [3.63, 3.8) is 0 Å². The highest BCUT2D eigenvalue weighted by molar-refractivity contribution is 5.53. The summed E-state index contributed by atoms with van der Waals surface area (Å²) in [4.78, 5) is 3.43. The summed E-state index contributed by atoms with van der Waals surface area (Å²) in [5, 5.41) is 0. The molecule has 0 aliphatic rings. The van der Waals surface area contributed by atoms with Crippen LogP contribution in [0, 0.1) is 13.5 Å². The van der Waals surface area contributed by atoms with Crippen LogP contribution in [0.3, 0.4) is 0 Å². The Morgan fingerprint density at radius 1 is 1.45 bits per heavy atom. The summed E-state index contributed by atoms with van der Waals surface area (Å²) >= 11 is 0. The van der Waals surface area contributed by atoms with Gasteiger partial charge in [-0.05, 0) is 18.9 Å². The molecular formula is C10H11N. The molecule has 0 atom stereocenters. The van der Waals surface area contributed by atoms with E-state index in [2.05, 4.69) is 17.8 Å². The molecule has 0 aliphatic carbocycles. The molecule has 0 heterocycles. The summed E-state index contributed by atoms with van der Waals surface area (Å²) in [6.07, 6.45) is 0.944. The minimum absolute atomic E-state index is 0.790. The van der Waals surface area contributed by atoms with Gasteiger partial charge in [0, 0.05) is 0 Å². The molecule has 1 aromatic rings. The Balaban J connectivity index is 3.19. The minimum atomic E-state index is 0.790. The largest absolute Gasteiger partial charge is 0.238 e. The van der Waals surface area contributed by atoms with Crippen molar-refractivity contribution in [1.29, 1.82) is 0 Å². The molecule has 0 amide bonds. The normalized spacial score (nSPS) is 9.18. The molecule has 1 aromatic carbocycles. The van der Waals surface area contributed by atoms with Gasteiger partial charge in [0.15, 0.2) is 5.69 Å². The highest BCUT2D eigenvalue weighted by atomic mass is 14.6. The van der Waals surface area contributed by atoms with E-state index >= 15 is 0 Å². The smallest absolute Gasteiger partial charge is 0.190 e. The van der Waals surface area contributed by atoms with Gasteiger partial charge in [-0.3, -0.25) is 0 Å². The van der Waals surface area contributed by atoms with E-state index in [-0.39, 0.29) is 0 Å². The molecule has 0 N–H and O–H groups in total. The molecule has 0 bridgehead atoms. The van der Waals surface area contributed by atoms with Crippen molar-refractivity contribution in [2.45, 2.75) is 20.3 Å². The van der Waals surface area contributed by atoms with Crippen molar-refractivity contribution in [1.82, 2.24) is 0 Å². The average Bonchev–Trinajstić information content (AvgIpc) is 2.04. The predicted molar refractivity (Wildman–Crippen MR) is 46.8 cm³/mol. The number of rotatable bonds is 1. The van der Waals surface area contributed by atoms with E-state index in [1.54, 1.807) is 0 Å². The second-order valence-corrected chi connectivity index (χ2v) is 2.60. The second kappa shape index (κ2) is 3.21. The molecule has 0 saturated heterocycles. The van der Waals surface area contributed by atoms with Gasteiger partial charge >= 0.3 is 0 Å². The lowest BCUT2D eigenvalue weighted by molar-refractivity contribution is 1.14. The van der Waals surface area contributed by atoms with Crippen LogP contribution in [0.1, 0.15) is 18.1 Å². The molecule has 1 heteroatoms. The third-order valence-electron chi connectivity index (χ3n) is 1.74. The SMILES string of the molecule is [C-]#[N+]c1ccc(C)cc1CC. The zero-order chi connectivity index (χ0) is 8.27. The van der Waals surface area contributed by atoms with Gasteiger partial charge in [0.25, 0.3) is 0 Å². The third kappa shape index (κ3) is 1.59. The van der Waals surface area contributed by atoms with Gasteiger partial charge in [-0.1, -0.05) is 30.7 Å². The molecule has 0 saturated carbocycles. The van der Waals surface area contributed by atoms with Crippen molar-refractivity contribution in [3.8, 4) is 0 Å². The minimum Gasteiger partial charge on any atom is -0.238 e. The first-order chi connectivity index (χ1) is 5.27. The van der Waals surface area contributed by atoms with Crippen molar-refractivity contribution < 1.29 is 0 Å². The fraction of sp³-hybridized carbons (Fsp3) is 0.300. The van der Waals surface area contributed by atoms with Crippen LogP contribution < -0.4 is 0 Å². The standard InChI is InChI=1S/C10H11N/c1-4-9-7-8(2)5-6-10(9)11-3/h5-7H,4H2,1-2H3. The van der Waals surface area contributed by atoms with Gasteiger partial charge in [-0.25, -0.2) is 4.85 Å². The van der Waals surface area contributed by atoms with Crippen LogP contribution in [0.2, 0.25) is 0 Å². The van der Waals surface area contributed by atoms with E-state index in [0.717, 1.165) is 17.7 Å². The predicted octanol–water partition coefficient (Wildman–Crippen LogP) is 3.11. The average molecular weight is 145 g/mol. The lowest BCUT2D eigenvalue weighted by atomic mass is 10.1. The quantitative estimate of drug-likeness (QED) is 0.535. The monoisotopic (exact) mass is 145 g/mol. The maximum atomic E-state index is 6.88. The molecule has 0 fully saturated rings. The molecule has 11 heavy (non-hydrogen) atoms. The van der Waals surface area contributed by atoms with Gasteiger partial charge in [0.05, 0.1) is 6.57 Å². The molecule has 0 unspecified atom stereocenters. The summed E-state index contributed by atoms with van der Waals surface area (Å²) in [7, 11) is 0. The first-order valence-corrected chi connectivity index (χ1v) is 3.75. The number of hydrogen-bond donors (Lipinski definition) is 0. The van der Waals surface area contributed by atoms with Crippen LogP contribution in [0.4, 0.5) is 5.69 Å². The summed E-state index contributed by atoms with van der Waals surface area (Å²) in [5.41, 5.74) is 3.17. The first-order valence-electron chi connectivity index (χ1n) is 3.75. The van der Waals surface area contributed by atoms with Crippen LogP contribution in [0.5, 0.6) is 0 Å². The molecule has 0 spiro atoms.